The number of carbonyl (C=O) groups excluding carboxylic acids is 1. The normalized spacial score (nSPS) is 16.4. The van der Waals surface area contributed by atoms with E-state index in [0.29, 0.717) is 24.5 Å². The zero-order valence-corrected chi connectivity index (χ0v) is 19.1. The molecule has 3 aromatic heterocycles. The van der Waals surface area contributed by atoms with Crippen molar-refractivity contribution in [1.29, 1.82) is 0 Å². The van der Waals surface area contributed by atoms with E-state index in [4.69, 9.17) is 4.52 Å². The van der Waals surface area contributed by atoms with E-state index < -0.39 is 0 Å². The minimum absolute atomic E-state index is 0.0627. The average Bonchev–Trinajstić information content (AvgIpc) is 3.15. The van der Waals surface area contributed by atoms with Gasteiger partial charge in [0.1, 0.15) is 11.6 Å². The van der Waals surface area contributed by atoms with Gasteiger partial charge in [-0.1, -0.05) is 11.2 Å². The van der Waals surface area contributed by atoms with Gasteiger partial charge in [0.15, 0.2) is 5.69 Å². The predicted octanol–water partition coefficient (Wildman–Crippen LogP) is 3.91. The Balaban J connectivity index is 1.45. The fraction of sp³-hybridized carbons (Fsp3) is 0.417. The summed E-state index contributed by atoms with van der Waals surface area (Å²) in [5.74, 6) is 1.66. The number of rotatable bonds is 6. The lowest BCUT2D eigenvalue weighted by Crippen LogP contribution is -2.40. The van der Waals surface area contributed by atoms with Crippen LogP contribution in [0.1, 0.15) is 51.8 Å². The highest BCUT2D eigenvalue weighted by Crippen LogP contribution is 2.28. The number of likely N-dealkylation sites (tertiary alicyclic amines) is 1. The summed E-state index contributed by atoms with van der Waals surface area (Å²) in [4.78, 5) is 26.2. The molecular weight excluding hydrogens is 404 g/mol. The molecule has 1 saturated heterocycles. The van der Waals surface area contributed by atoms with Crippen molar-refractivity contribution in [2.45, 2.75) is 39.2 Å². The van der Waals surface area contributed by atoms with E-state index in [9.17, 15) is 4.79 Å². The minimum atomic E-state index is -0.0627. The lowest BCUT2D eigenvalue weighted by molar-refractivity contribution is 0.0693. The molecule has 3 aromatic rings. The quantitative estimate of drug-likeness (QED) is 0.629. The molecule has 1 atom stereocenters. The number of pyridine rings is 2. The summed E-state index contributed by atoms with van der Waals surface area (Å²) >= 11 is 0. The molecule has 1 unspecified atom stereocenters. The van der Waals surface area contributed by atoms with Crippen molar-refractivity contribution in [3.8, 4) is 0 Å². The maximum absolute atomic E-state index is 13.2. The third-order valence-electron chi connectivity index (χ3n) is 5.85. The first-order valence-electron chi connectivity index (χ1n) is 11.0. The number of amides is 1. The van der Waals surface area contributed by atoms with Gasteiger partial charge < -0.3 is 19.6 Å². The van der Waals surface area contributed by atoms with Crippen LogP contribution in [0, 0.1) is 13.8 Å². The standard InChI is InChI=1S/C24H30N6O2/c1-16-7-5-11-25-23(16)27-19-9-10-21(26-13-19)18-8-6-12-30(14-18)24(31)22-20(15-29(3)4)17(2)32-28-22/h5,7,9-11,13,18H,6,8,12,14-15H2,1-4H3,(H,25,27). The van der Waals surface area contributed by atoms with Crippen LogP contribution < -0.4 is 5.32 Å². The van der Waals surface area contributed by atoms with Gasteiger partial charge in [0.05, 0.1) is 11.9 Å². The maximum Gasteiger partial charge on any atom is 0.276 e. The third kappa shape index (κ3) is 4.80. The van der Waals surface area contributed by atoms with E-state index in [2.05, 4.69) is 20.4 Å². The molecule has 1 fully saturated rings. The number of aromatic nitrogens is 3. The first kappa shape index (κ1) is 22.0. The van der Waals surface area contributed by atoms with Crippen molar-refractivity contribution >= 4 is 17.4 Å². The SMILES string of the molecule is Cc1cccnc1Nc1ccc(C2CCCN(C(=O)c3noc(C)c3CN(C)C)C2)nc1. The molecule has 0 radical (unpaired) electrons. The van der Waals surface area contributed by atoms with Crippen molar-refractivity contribution in [1.82, 2.24) is 24.9 Å². The fourth-order valence-corrected chi connectivity index (χ4v) is 4.09. The van der Waals surface area contributed by atoms with E-state index in [-0.39, 0.29) is 11.8 Å². The Labute approximate surface area is 188 Å². The monoisotopic (exact) mass is 434 g/mol. The second-order valence-corrected chi connectivity index (χ2v) is 8.66. The average molecular weight is 435 g/mol. The Morgan fingerprint density at radius 1 is 1.25 bits per heavy atom. The molecule has 1 aliphatic rings. The van der Waals surface area contributed by atoms with Crippen LogP contribution >= 0.6 is 0 Å². The zero-order chi connectivity index (χ0) is 22.7. The number of aryl methyl sites for hydroxylation is 2. The first-order valence-corrected chi connectivity index (χ1v) is 11.0. The highest BCUT2D eigenvalue weighted by atomic mass is 16.5. The van der Waals surface area contributed by atoms with Crippen LogP contribution in [0.25, 0.3) is 0 Å². The number of carbonyl (C=O) groups is 1. The maximum atomic E-state index is 13.2. The summed E-state index contributed by atoms with van der Waals surface area (Å²) in [5, 5.41) is 7.39. The molecule has 0 bridgehead atoms. The fourth-order valence-electron chi connectivity index (χ4n) is 4.09. The lowest BCUT2D eigenvalue weighted by Gasteiger charge is -2.32. The third-order valence-corrected chi connectivity index (χ3v) is 5.85. The molecule has 1 N–H and O–H groups in total. The molecular formula is C24H30N6O2. The second kappa shape index (κ2) is 9.48. The predicted molar refractivity (Wildman–Crippen MR) is 123 cm³/mol. The Morgan fingerprint density at radius 2 is 2.09 bits per heavy atom. The van der Waals surface area contributed by atoms with Crippen LogP contribution in [0.4, 0.5) is 11.5 Å². The summed E-state index contributed by atoms with van der Waals surface area (Å²) in [6.07, 6.45) is 5.54. The van der Waals surface area contributed by atoms with Gasteiger partial charge in [-0.25, -0.2) is 4.98 Å². The second-order valence-electron chi connectivity index (χ2n) is 8.66. The summed E-state index contributed by atoms with van der Waals surface area (Å²) < 4.78 is 5.34. The molecule has 0 spiro atoms. The number of nitrogens with zero attached hydrogens (tertiary/aromatic N) is 5. The van der Waals surface area contributed by atoms with Gasteiger partial charge in [-0.15, -0.1) is 0 Å². The van der Waals surface area contributed by atoms with Gasteiger partial charge in [0.25, 0.3) is 5.91 Å². The molecule has 168 valence electrons. The van der Waals surface area contributed by atoms with Crippen LogP contribution in [0.15, 0.2) is 41.2 Å². The van der Waals surface area contributed by atoms with Gasteiger partial charge in [0, 0.05) is 43.0 Å². The molecule has 1 aliphatic heterocycles. The molecule has 0 aliphatic carbocycles. The number of anilines is 2. The van der Waals surface area contributed by atoms with Gasteiger partial charge in [-0.3, -0.25) is 9.78 Å². The number of nitrogens with one attached hydrogen (secondary N) is 1. The summed E-state index contributed by atoms with van der Waals surface area (Å²) in [5.41, 5.74) is 4.26. The van der Waals surface area contributed by atoms with Crippen molar-refractivity contribution in [3.63, 3.8) is 0 Å². The van der Waals surface area contributed by atoms with E-state index in [1.54, 1.807) is 6.20 Å². The zero-order valence-electron chi connectivity index (χ0n) is 19.1. The molecule has 0 saturated carbocycles. The number of hydrogen-bond acceptors (Lipinski definition) is 7. The Morgan fingerprint density at radius 3 is 2.81 bits per heavy atom. The van der Waals surface area contributed by atoms with Crippen LogP contribution in [0.5, 0.6) is 0 Å². The minimum Gasteiger partial charge on any atom is -0.361 e. The van der Waals surface area contributed by atoms with Crippen molar-refractivity contribution < 1.29 is 9.32 Å². The van der Waals surface area contributed by atoms with Gasteiger partial charge in [0.2, 0.25) is 0 Å². The summed E-state index contributed by atoms with van der Waals surface area (Å²) in [6, 6.07) is 8.00. The van der Waals surface area contributed by atoms with Gasteiger partial charge in [-0.2, -0.15) is 0 Å². The molecule has 8 nitrogen and oxygen atoms in total. The Hall–Kier alpha value is -3.26. The van der Waals surface area contributed by atoms with E-state index in [1.165, 1.54) is 0 Å². The van der Waals surface area contributed by atoms with Crippen LogP contribution in [0.3, 0.4) is 0 Å². The number of piperidine rings is 1. The molecule has 32 heavy (non-hydrogen) atoms. The number of hydrogen-bond donors (Lipinski definition) is 1. The van der Waals surface area contributed by atoms with Gasteiger partial charge in [-0.05, 0) is 64.5 Å². The largest absolute Gasteiger partial charge is 0.361 e. The smallest absolute Gasteiger partial charge is 0.276 e. The van der Waals surface area contributed by atoms with Crippen LogP contribution in [0.2, 0.25) is 0 Å². The van der Waals surface area contributed by atoms with Crippen LogP contribution in [-0.4, -0.2) is 58.0 Å². The molecule has 0 aromatic carbocycles. The highest BCUT2D eigenvalue weighted by molar-refractivity contribution is 5.94. The summed E-state index contributed by atoms with van der Waals surface area (Å²) in [6.45, 7) is 5.85. The van der Waals surface area contributed by atoms with Gasteiger partial charge >= 0.3 is 0 Å². The topological polar surface area (TPSA) is 87.4 Å². The molecule has 4 rings (SSSR count). The van der Waals surface area contributed by atoms with E-state index >= 15 is 0 Å². The van der Waals surface area contributed by atoms with E-state index in [1.807, 2.05) is 68.2 Å². The molecule has 4 heterocycles. The Kier molecular flexibility index (Phi) is 6.50. The van der Waals surface area contributed by atoms with Crippen molar-refractivity contribution in [2.75, 3.05) is 32.5 Å². The Bertz CT molecular complexity index is 1080. The van der Waals surface area contributed by atoms with E-state index in [0.717, 1.165) is 47.7 Å². The van der Waals surface area contributed by atoms with Crippen LogP contribution in [-0.2, 0) is 6.54 Å². The van der Waals surface area contributed by atoms with Crippen molar-refractivity contribution in [2.24, 2.45) is 0 Å². The molecule has 8 heteroatoms. The highest BCUT2D eigenvalue weighted by Gasteiger charge is 2.30. The first-order chi connectivity index (χ1) is 15.4. The lowest BCUT2D eigenvalue weighted by atomic mass is 9.94. The molecule has 1 amide bonds. The van der Waals surface area contributed by atoms with Crippen molar-refractivity contribution in [3.05, 3.63) is 64.9 Å². The summed E-state index contributed by atoms with van der Waals surface area (Å²) in [7, 11) is 3.94.